The summed E-state index contributed by atoms with van der Waals surface area (Å²) in [5.41, 5.74) is 4.71. The number of benzene rings is 2. The molecule has 0 radical (unpaired) electrons. The van der Waals surface area contributed by atoms with Crippen LogP contribution in [0.3, 0.4) is 0 Å². The molecule has 2 aromatic carbocycles. The largest absolute Gasteiger partial charge is 0.494 e. The van der Waals surface area contributed by atoms with Crippen LogP contribution in [0.25, 0.3) is 0 Å². The summed E-state index contributed by atoms with van der Waals surface area (Å²) < 4.78 is 11.5. The van der Waals surface area contributed by atoms with Crippen LogP contribution in [0, 0.1) is 0 Å². The van der Waals surface area contributed by atoms with Crippen molar-refractivity contribution in [3.63, 3.8) is 0 Å². The van der Waals surface area contributed by atoms with Crippen LogP contribution in [0.2, 0.25) is 5.02 Å². The van der Waals surface area contributed by atoms with Crippen LogP contribution in [-0.2, 0) is 14.3 Å². The zero-order valence-corrected chi connectivity index (χ0v) is 22.2. The highest BCUT2D eigenvalue weighted by Gasteiger charge is 2.41. The van der Waals surface area contributed by atoms with Crippen LogP contribution in [0.5, 0.6) is 5.75 Å². The van der Waals surface area contributed by atoms with Crippen LogP contribution < -0.4 is 10.1 Å². The Kier molecular flexibility index (Phi) is 8.20. The highest BCUT2D eigenvalue weighted by molar-refractivity contribution is 6.30. The summed E-state index contributed by atoms with van der Waals surface area (Å²) >= 11 is 6.08. The van der Waals surface area contributed by atoms with Crippen LogP contribution in [0.1, 0.15) is 76.3 Å². The van der Waals surface area contributed by atoms with E-state index in [1.165, 1.54) is 0 Å². The average Bonchev–Trinajstić information content (AvgIpc) is 2.87. The summed E-state index contributed by atoms with van der Waals surface area (Å²) in [6.45, 7) is 8.45. The molecule has 0 saturated heterocycles. The Morgan fingerprint density at radius 2 is 1.72 bits per heavy atom. The minimum absolute atomic E-state index is 0.0429. The normalized spacial score (nSPS) is 20.5. The van der Waals surface area contributed by atoms with Gasteiger partial charge in [-0.2, -0.15) is 0 Å². The van der Waals surface area contributed by atoms with Crippen LogP contribution in [0.15, 0.2) is 71.1 Å². The third-order valence-electron chi connectivity index (χ3n) is 6.96. The molecule has 0 saturated carbocycles. The second-order valence-corrected chi connectivity index (χ2v) is 10.0. The van der Waals surface area contributed by atoms with E-state index in [-0.39, 0.29) is 23.8 Å². The van der Waals surface area contributed by atoms with E-state index in [2.05, 4.69) is 12.2 Å². The molecule has 190 valence electrons. The molecule has 1 N–H and O–H groups in total. The molecular weight excluding hydrogens is 474 g/mol. The van der Waals surface area contributed by atoms with E-state index in [9.17, 15) is 9.59 Å². The molecule has 1 heterocycles. The van der Waals surface area contributed by atoms with E-state index in [1.54, 1.807) is 0 Å². The summed E-state index contributed by atoms with van der Waals surface area (Å²) in [5.74, 6) is -0.0123. The van der Waals surface area contributed by atoms with Gasteiger partial charge in [0.25, 0.3) is 0 Å². The molecule has 3 atom stereocenters. The molecule has 0 aromatic heterocycles. The van der Waals surface area contributed by atoms with Crippen LogP contribution >= 0.6 is 11.6 Å². The second-order valence-electron chi connectivity index (χ2n) is 9.61. The van der Waals surface area contributed by atoms with Crippen molar-refractivity contribution in [3.05, 3.63) is 87.2 Å². The fourth-order valence-corrected chi connectivity index (χ4v) is 5.05. The van der Waals surface area contributed by atoms with Gasteiger partial charge in [-0.25, -0.2) is 4.79 Å². The molecular formula is C30H34ClNO4. The molecule has 36 heavy (non-hydrogen) atoms. The lowest BCUT2D eigenvalue weighted by Gasteiger charge is -2.37. The van der Waals surface area contributed by atoms with Crippen molar-refractivity contribution >= 4 is 23.4 Å². The number of carbonyl (C=O) groups excluding carboxylic acids is 2. The predicted octanol–water partition coefficient (Wildman–Crippen LogP) is 6.83. The van der Waals surface area contributed by atoms with Crippen molar-refractivity contribution in [2.45, 2.75) is 71.3 Å². The van der Waals surface area contributed by atoms with E-state index in [0.717, 1.165) is 41.1 Å². The zero-order chi connectivity index (χ0) is 25.8. The smallest absolute Gasteiger partial charge is 0.337 e. The molecule has 0 bridgehead atoms. The molecule has 1 aliphatic carbocycles. The van der Waals surface area contributed by atoms with Gasteiger partial charge in [0.1, 0.15) is 5.75 Å². The quantitative estimate of drug-likeness (QED) is 0.396. The molecule has 0 spiro atoms. The van der Waals surface area contributed by atoms with E-state index in [1.807, 2.05) is 69.3 Å². The van der Waals surface area contributed by atoms with Gasteiger partial charge in [0.05, 0.1) is 18.3 Å². The Morgan fingerprint density at radius 3 is 2.36 bits per heavy atom. The number of allylic oxidation sites excluding steroid dienone is 3. The fraction of sp³-hybridized carbons (Fsp3) is 0.400. The van der Waals surface area contributed by atoms with Gasteiger partial charge in [0.2, 0.25) is 0 Å². The van der Waals surface area contributed by atoms with Crippen molar-refractivity contribution in [2.75, 3.05) is 6.61 Å². The molecule has 2 aromatic rings. The Hall–Kier alpha value is -3.05. The number of rotatable bonds is 8. The molecule has 1 aliphatic heterocycles. The van der Waals surface area contributed by atoms with Crippen molar-refractivity contribution in [1.82, 2.24) is 5.32 Å². The lowest BCUT2D eigenvalue weighted by Crippen LogP contribution is -2.36. The molecule has 2 aliphatic rings. The predicted molar refractivity (Wildman–Crippen MR) is 142 cm³/mol. The number of ether oxygens (including phenoxy) is 2. The van der Waals surface area contributed by atoms with Gasteiger partial charge >= 0.3 is 5.97 Å². The fourth-order valence-electron chi connectivity index (χ4n) is 4.92. The molecule has 0 unspecified atom stereocenters. The maximum absolute atomic E-state index is 13.7. The van der Waals surface area contributed by atoms with Gasteiger partial charge in [-0.05, 0) is 74.4 Å². The molecule has 5 nitrogen and oxygen atoms in total. The van der Waals surface area contributed by atoms with Gasteiger partial charge in [0, 0.05) is 34.3 Å². The summed E-state index contributed by atoms with van der Waals surface area (Å²) in [4.78, 5) is 27.1. The molecule has 4 rings (SSSR count). The van der Waals surface area contributed by atoms with E-state index < -0.39 is 5.92 Å². The van der Waals surface area contributed by atoms with Crippen LogP contribution in [0.4, 0.5) is 0 Å². The van der Waals surface area contributed by atoms with Crippen molar-refractivity contribution in [3.8, 4) is 5.75 Å². The minimum atomic E-state index is -0.489. The Morgan fingerprint density at radius 1 is 1.06 bits per heavy atom. The number of esters is 1. The molecule has 0 amide bonds. The Labute approximate surface area is 218 Å². The van der Waals surface area contributed by atoms with Gasteiger partial charge in [-0.15, -0.1) is 0 Å². The minimum Gasteiger partial charge on any atom is -0.494 e. The molecule has 6 heteroatoms. The Balaban J connectivity index is 1.74. The Bertz CT molecular complexity index is 1180. The molecule has 0 fully saturated rings. The van der Waals surface area contributed by atoms with E-state index in [0.29, 0.717) is 35.6 Å². The first-order chi connectivity index (χ1) is 17.3. The standard InChI is InChI=1S/C30H34ClNO4/c1-5-15-35-24-13-9-21(10-14-24)28-27(30(34)36-18(3)6-2)19(4)32-25-16-22(17-26(33)29(25)28)20-7-11-23(31)12-8-20/h7-14,18,22,28,32H,5-6,15-17H2,1-4H3/t18-,22-,28-/m1/s1. The first kappa shape index (κ1) is 26.0. The number of hydrogen-bond donors (Lipinski definition) is 1. The summed E-state index contributed by atoms with van der Waals surface area (Å²) in [5, 5.41) is 4.08. The topological polar surface area (TPSA) is 64.6 Å². The van der Waals surface area contributed by atoms with Gasteiger partial charge in [-0.3, -0.25) is 4.79 Å². The van der Waals surface area contributed by atoms with Crippen molar-refractivity contribution in [1.29, 1.82) is 0 Å². The lowest BCUT2D eigenvalue weighted by molar-refractivity contribution is -0.144. The van der Waals surface area contributed by atoms with Crippen LogP contribution in [-0.4, -0.2) is 24.5 Å². The summed E-state index contributed by atoms with van der Waals surface area (Å²) in [7, 11) is 0. The number of Topliss-reactive ketones (excluding diaryl/α,β-unsaturated/α-hetero) is 1. The zero-order valence-electron chi connectivity index (χ0n) is 21.4. The lowest BCUT2D eigenvalue weighted by atomic mass is 9.71. The average molecular weight is 508 g/mol. The first-order valence-corrected chi connectivity index (χ1v) is 13.1. The SMILES string of the molecule is CCCOc1ccc([C@@H]2C(C(=O)O[C@H](C)CC)=C(C)NC3=C2C(=O)C[C@H](c2ccc(Cl)cc2)C3)cc1. The summed E-state index contributed by atoms with van der Waals surface area (Å²) in [6, 6.07) is 15.4. The van der Waals surface area contributed by atoms with E-state index in [4.69, 9.17) is 21.1 Å². The number of dihydropyridines is 1. The monoisotopic (exact) mass is 507 g/mol. The number of carbonyl (C=O) groups is 2. The number of nitrogens with one attached hydrogen (secondary N) is 1. The number of halogens is 1. The third-order valence-corrected chi connectivity index (χ3v) is 7.21. The highest BCUT2D eigenvalue weighted by atomic mass is 35.5. The second kappa shape index (κ2) is 11.3. The van der Waals surface area contributed by atoms with Gasteiger partial charge in [-0.1, -0.05) is 49.7 Å². The first-order valence-electron chi connectivity index (χ1n) is 12.8. The number of ketones is 1. The van der Waals surface area contributed by atoms with Gasteiger partial charge < -0.3 is 14.8 Å². The number of hydrogen-bond acceptors (Lipinski definition) is 5. The third kappa shape index (κ3) is 5.52. The van der Waals surface area contributed by atoms with Crippen molar-refractivity contribution in [2.24, 2.45) is 0 Å². The van der Waals surface area contributed by atoms with Gasteiger partial charge in [0.15, 0.2) is 5.78 Å². The summed E-state index contributed by atoms with van der Waals surface area (Å²) in [6.07, 6.45) is 2.48. The van der Waals surface area contributed by atoms with Crippen molar-refractivity contribution < 1.29 is 19.1 Å². The highest BCUT2D eigenvalue weighted by Crippen LogP contribution is 2.46. The maximum Gasteiger partial charge on any atom is 0.337 e. The van der Waals surface area contributed by atoms with E-state index >= 15 is 0 Å². The maximum atomic E-state index is 13.7.